The first kappa shape index (κ1) is 15.4. The zero-order valence-corrected chi connectivity index (χ0v) is 13.5. The quantitative estimate of drug-likeness (QED) is 0.832. The number of hydrogen-bond acceptors (Lipinski definition) is 3. The van der Waals surface area contributed by atoms with Crippen LogP contribution >= 0.6 is 0 Å². The maximum absolute atomic E-state index is 4.61. The van der Waals surface area contributed by atoms with Crippen molar-refractivity contribution in [3.8, 4) is 0 Å². The van der Waals surface area contributed by atoms with Gasteiger partial charge in [-0.2, -0.15) is 0 Å². The number of rotatable bonds is 7. The van der Waals surface area contributed by atoms with E-state index in [2.05, 4.69) is 53.7 Å². The molecule has 1 fully saturated rings. The van der Waals surface area contributed by atoms with Crippen LogP contribution < -0.4 is 5.32 Å². The van der Waals surface area contributed by atoms with Crippen molar-refractivity contribution in [2.24, 2.45) is 11.8 Å². The Morgan fingerprint density at radius 3 is 2.55 bits per heavy atom. The highest BCUT2D eigenvalue weighted by molar-refractivity contribution is 5.28. The summed E-state index contributed by atoms with van der Waals surface area (Å²) in [7, 11) is 0. The molecular formula is C16H30N4. The fourth-order valence-electron chi connectivity index (χ4n) is 2.92. The lowest BCUT2D eigenvalue weighted by molar-refractivity contribution is 0.272. The van der Waals surface area contributed by atoms with E-state index in [9.17, 15) is 0 Å². The van der Waals surface area contributed by atoms with Gasteiger partial charge >= 0.3 is 0 Å². The number of hydrogen-bond donors (Lipinski definition) is 1. The molecule has 1 unspecified atom stereocenters. The van der Waals surface area contributed by atoms with E-state index in [0.29, 0.717) is 11.8 Å². The molecule has 0 saturated carbocycles. The molecule has 2 rings (SSSR count). The van der Waals surface area contributed by atoms with Gasteiger partial charge < -0.3 is 14.8 Å². The van der Waals surface area contributed by atoms with Crippen LogP contribution in [-0.4, -0.2) is 40.6 Å². The first-order valence-electron chi connectivity index (χ1n) is 8.04. The van der Waals surface area contributed by atoms with Gasteiger partial charge in [0.05, 0.1) is 5.69 Å². The number of aromatic nitrogens is 2. The zero-order valence-electron chi connectivity index (χ0n) is 13.5. The summed E-state index contributed by atoms with van der Waals surface area (Å²) in [5, 5.41) is 3.47. The van der Waals surface area contributed by atoms with Gasteiger partial charge in [-0.25, -0.2) is 4.98 Å². The summed E-state index contributed by atoms with van der Waals surface area (Å²) < 4.78 is 2.29. The normalized spacial score (nSPS) is 17.9. The second-order valence-corrected chi connectivity index (χ2v) is 6.75. The Balaban J connectivity index is 1.89. The van der Waals surface area contributed by atoms with Crippen LogP contribution in [-0.2, 0) is 6.54 Å². The predicted octanol–water partition coefficient (Wildman–Crippen LogP) is 2.99. The molecule has 4 nitrogen and oxygen atoms in total. The Labute approximate surface area is 123 Å². The summed E-state index contributed by atoms with van der Waals surface area (Å²) in [6.07, 6.45) is 4.92. The third-order valence-corrected chi connectivity index (χ3v) is 3.84. The second kappa shape index (κ2) is 7.11. The van der Waals surface area contributed by atoms with Crippen LogP contribution in [0.25, 0.3) is 0 Å². The molecule has 1 aromatic rings. The highest BCUT2D eigenvalue weighted by Crippen LogP contribution is 2.15. The van der Waals surface area contributed by atoms with Gasteiger partial charge in [-0.15, -0.1) is 0 Å². The molecule has 0 bridgehead atoms. The number of anilines is 1. The fraction of sp³-hybridized carbons (Fsp3) is 0.812. The Kier molecular flexibility index (Phi) is 5.46. The molecule has 0 radical (unpaired) electrons. The highest BCUT2D eigenvalue weighted by atomic mass is 15.2. The van der Waals surface area contributed by atoms with E-state index in [1.54, 1.807) is 0 Å². The molecule has 1 N–H and O–H groups in total. The molecule has 4 heteroatoms. The van der Waals surface area contributed by atoms with E-state index >= 15 is 0 Å². The van der Waals surface area contributed by atoms with Gasteiger partial charge in [0.2, 0.25) is 5.95 Å². The molecule has 0 spiro atoms. The molecule has 0 aliphatic carbocycles. The Morgan fingerprint density at radius 2 is 1.90 bits per heavy atom. The summed E-state index contributed by atoms with van der Waals surface area (Å²) in [6.45, 7) is 14.7. The first-order chi connectivity index (χ1) is 9.54. The maximum Gasteiger partial charge on any atom is 0.203 e. The molecule has 20 heavy (non-hydrogen) atoms. The Morgan fingerprint density at radius 1 is 1.20 bits per heavy atom. The van der Waals surface area contributed by atoms with Crippen molar-refractivity contribution in [3.63, 3.8) is 0 Å². The SMILES string of the molecule is Cc1cn(CC(C)CN2CCCC2)c(NCC(C)C)n1. The number of likely N-dealkylation sites (tertiary alicyclic amines) is 1. The molecule has 1 atom stereocenters. The third kappa shape index (κ3) is 4.51. The summed E-state index contributed by atoms with van der Waals surface area (Å²) >= 11 is 0. The van der Waals surface area contributed by atoms with Crippen LogP contribution in [0.2, 0.25) is 0 Å². The van der Waals surface area contributed by atoms with Crippen molar-refractivity contribution in [1.29, 1.82) is 0 Å². The smallest absolute Gasteiger partial charge is 0.203 e. The van der Waals surface area contributed by atoms with Crippen molar-refractivity contribution in [2.45, 2.75) is 47.1 Å². The molecule has 1 aliphatic heterocycles. The molecule has 1 aliphatic rings. The van der Waals surface area contributed by atoms with Crippen molar-refractivity contribution >= 4 is 5.95 Å². The van der Waals surface area contributed by atoms with E-state index < -0.39 is 0 Å². The minimum Gasteiger partial charge on any atom is -0.355 e. The van der Waals surface area contributed by atoms with Gasteiger partial charge in [0, 0.05) is 25.8 Å². The van der Waals surface area contributed by atoms with Gasteiger partial charge in [0.15, 0.2) is 0 Å². The topological polar surface area (TPSA) is 33.1 Å². The lowest BCUT2D eigenvalue weighted by atomic mass is 10.1. The van der Waals surface area contributed by atoms with Crippen LogP contribution in [0.5, 0.6) is 0 Å². The summed E-state index contributed by atoms with van der Waals surface area (Å²) in [4.78, 5) is 7.20. The minimum atomic E-state index is 0.641. The van der Waals surface area contributed by atoms with Crippen LogP contribution in [0.3, 0.4) is 0 Å². The molecular weight excluding hydrogens is 248 g/mol. The van der Waals surface area contributed by atoms with Gasteiger partial charge in [-0.3, -0.25) is 0 Å². The number of aryl methyl sites for hydroxylation is 1. The first-order valence-corrected chi connectivity index (χ1v) is 8.04. The van der Waals surface area contributed by atoms with Crippen molar-refractivity contribution in [2.75, 3.05) is 31.5 Å². The number of imidazole rings is 1. The van der Waals surface area contributed by atoms with Crippen LogP contribution in [0.1, 0.15) is 39.3 Å². The minimum absolute atomic E-state index is 0.641. The molecule has 114 valence electrons. The van der Waals surface area contributed by atoms with Crippen molar-refractivity contribution < 1.29 is 0 Å². The van der Waals surface area contributed by atoms with Crippen molar-refractivity contribution in [3.05, 3.63) is 11.9 Å². The zero-order chi connectivity index (χ0) is 14.5. The average molecular weight is 278 g/mol. The average Bonchev–Trinajstić information content (AvgIpc) is 2.96. The largest absolute Gasteiger partial charge is 0.355 e. The predicted molar refractivity (Wildman–Crippen MR) is 85.1 cm³/mol. The van der Waals surface area contributed by atoms with Gasteiger partial charge in [-0.1, -0.05) is 20.8 Å². The Bertz CT molecular complexity index is 405. The molecule has 0 aromatic carbocycles. The van der Waals surface area contributed by atoms with Crippen LogP contribution in [0.15, 0.2) is 6.20 Å². The lowest BCUT2D eigenvalue weighted by Gasteiger charge is -2.21. The molecule has 1 aromatic heterocycles. The summed E-state index contributed by atoms with van der Waals surface area (Å²) in [6, 6.07) is 0. The van der Waals surface area contributed by atoms with E-state index in [1.807, 2.05) is 0 Å². The summed E-state index contributed by atoms with van der Waals surface area (Å²) in [5.41, 5.74) is 1.10. The number of nitrogens with zero attached hydrogens (tertiary/aromatic N) is 3. The van der Waals surface area contributed by atoms with Crippen molar-refractivity contribution in [1.82, 2.24) is 14.5 Å². The number of nitrogens with one attached hydrogen (secondary N) is 1. The molecule has 2 heterocycles. The van der Waals surface area contributed by atoms with Crippen LogP contribution in [0, 0.1) is 18.8 Å². The fourth-order valence-corrected chi connectivity index (χ4v) is 2.92. The van der Waals surface area contributed by atoms with E-state index in [-0.39, 0.29) is 0 Å². The molecule has 0 amide bonds. The van der Waals surface area contributed by atoms with Gasteiger partial charge in [0.25, 0.3) is 0 Å². The monoisotopic (exact) mass is 278 g/mol. The summed E-state index contributed by atoms with van der Waals surface area (Å²) in [5.74, 6) is 2.34. The van der Waals surface area contributed by atoms with E-state index in [0.717, 1.165) is 24.7 Å². The third-order valence-electron chi connectivity index (χ3n) is 3.84. The maximum atomic E-state index is 4.61. The molecule has 1 saturated heterocycles. The van der Waals surface area contributed by atoms with E-state index in [1.165, 1.54) is 32.5 Å². The lowest BCUT2D eigenvalue weighted by Crippen LogP contribution is -2.27. The van der Waals surface area contributed by atoms with Crippen LogP contribution in [0.4, 0.5) is 5.95 Å². The standard InChI is InChI=1S/C16H30N4/c1-13(2)9-17-16-18-15(4)12-20(16)11-14(3)10-19-7-5-6-8-19/h12-14H,5-11H2,1-4H3,(H,17,18). The van der Waals surface area contributed by atoms with Gasteiger partial charge in [0.1, 0.15) is 0 Å². The highest BCUT2D eigenvalue weighted by Gasteiger charge is 2.16. The Hall–Kier alpha value is -1.03. The van der Waals surface area contributed by atoms with E-state index in [4.69, 9.17) is 0 Å². The second-order valence-electron chi connectivity index (χ2n) is 6.75. The van der Waals surface area contributed by atoms with Gasteiger partial charge in [-0.05, 0) is 44.7 Å².